The zero-order chi connectivity index (χ0) is 11.3. The molecule has 3 aliphatic rings. The van der Waals surface area contributed by atoms with Gasteiger partial charge in [0.2, 0.25) is 0 Å². The van der Waals surface area contributed by atoms with Crippen molar-refractivity contribution in [3.63, 3.8) is 0 Å². The van der Waals surface area contributed by atoms with Gasteiger partial charge in [0, 0.05) is 18.3 Å². The standard InChI is InChI=1S/C8H15N3O3S/c1-2-15(13,14)8-3-6(10-8)4-11(5-8)7(9)12/h6,10H,2-5H2,1H3,(H2,9,12). The highest BCUT2D eigenvalue weighted by atomic mass is 32.2. The first-order valence-corrected chi connectivity index (χ1v) is 6.60. The summed E-state index contributed by atoms with van der Waals surface area (Å²) < 4.78 is 23.7. The molecule has 3 rings (SSSR count). The SMILES string of the molecule is CCS(=O)(=O)C12CC(CN(C(N)=O)C1)N2. The molecule has 2 amide bonds. The van der Waals surface area contributed by atoms with Gasteiger partial charge in [-0.25, -0.2) is 13.2 Å². The van der Waals surface area contributed by atoms with Gasteiger partial charge >= 0.3 is 6.03 Å². The van der Waals surface area contributed by atoms with Gasteiger partial charge in [-0.05, 0) is 6.42 Å². The average molecular weight is 233 g/mol. The predicted octanol–water partition coefficient (Wildman–Crippen LogP) is -1.13. The quantitative estimate of drug-likeness (QED) is 0.631. The summed E-state index contributed by atoms with van der Waals surface area (Å²) in [4.78, 5) is 11.5. The molecule has 3 heterocycles. The maximum Gasteiger partial charge on any atom is 0.314 e. The van der Waals surface area contributed by atoms with E-state index in [-0.39, 0.29) is 18.3 Å². The van der Waals surface area contributed by atoms with Crippen LogP contribution in [0.15, 0.2) is 0 Å². The molecule has 15 heavy (non-hydrogen) atoms. The number of fused-ring (bicyclic) bond motifs is 2. The number of piperazine rings is 1. The van der Waals surface area contributed by atoms with Crippen LogP contribution >= 0.6 is 0 Å². The second-order valence-corrected chi connectivity index (χ2v) is 6.75. The number of carbonyl (C=O) groups is 1. The molecular weight excluding hydrogens is 218 g/mol. The zero-order valence-electron chi connectivity index (χ0n) is 8.56. The van der Waals surface area contributed by atoms with Gasteiger partial charge in [-0.1, -0.05) is 6.92 Å². The number of piperidine rings is 1. The minimum absolute atomic E-state index is 0.0765. The third kappa shape index (κ3) is 1.41. The number of hydrogen-bond donors (Lipinski definition) is 2. The Morgan fingerprint density at radius 1 is 1.67 bits per heavy atom. The smallest absolute Gasteiger partial charge is 0.314 e. The Kier molecular flexibility index (Phi) is 2.20. The number of urea groups is 1. The summed E-state index contributed by atoms with van der Waals surface area (Å²) in [5.41, 5.74) is 5.16. The van der Waals surface area contributed by atoms with E-state index in [0.717, 1.165) is 0 Å². The normalized spacial score (nSPS) is 34.7. The highest BCUT2D eigenvalue weighted by molar-refractivity contribution is 7.92. The van der Waals surface area contributed by atoms with Gasteiger partial charge in [-0.15, -0.1) is 0 Å². The van der Waals surface area contributed by atoms with Crippen molar-refractivity contribution in [2.45, 2.75) is 24.3 Å². The largest absolute Gasteiger partial charge is 0.351 e. The zero-order valence-corrected chi connectivity index (χ0v) is 9.38. The Morgan fingerprint density at radius 3 is 2.73 bits per heavy atom. The van der Waals surface area contributed by atoms with Gasteiger partial charge in [0.05, 0.1) is 6.54 Å². The van der Waals surface area contributed by atoms with Crippen LogP contribution in [0.2, 0.25) is 0 Å². The van der Waals surface area contributed by atoms with E-state index < -0.39 is 20.7 Å². The van der Waals surface area contributed by atoms with Gasteiger partial charge in [0.15, 0.2) is 9.84 Å². The summed E-state index contributed by atoms with van der Waals surface area (Å²) >= 11 is 0. The molecule has 0 aliphatic carbocycles. The van der Waals surface area contributed by atoms with E-state index >= 15 is 0 Å². The Hall–Kier alpha value is -0.820. The number of amides is 2. The monoisotopic (exact) mass is 233 g/mol. The molecule has 86 valence electrons. The van der Waals surface area contributed by atoms with Gasteiger partial charge in [-0.2, -0.15) is 0 Å². The summed E-state index contributed by atoms with van der Waals surface area (Å²) in [5.74, 6) is 0.0827. The number of rotatable bonds is 2. The maximum absolute atomic E-state index is 11.8. The molecule has 2 bridgehead atoms. The van der Waals surface area contributed by atoms with E-state index in [0.29, 0.717) is 13.0 Å². The van der Waals surface area contributed by atoms with Gasteiger partial charge in [0.25, 0.3) is 0 Å². The van der Waals surface area contributed by atoms with Crippen LogP contribution in [0.1, 0.15) is 13.3 Å². The molecule has 0 saturated carbocycles. The van der Waals surface area contributed by atoms with Crippen LogP contribution in [0.4, 0.5) is 4.79 Å². The molecule has 3 N–H and O–H groups in total. The fourth-order valence-electron chi connectivity index (χ4n) is 2.37. The van der Waals surface area contributed by atoms with Crippen molar-refractivity contribution >= 4 is 15.9 Å². The molecule has 3 fully saturated rings. The molecule has 2 unspecified atom stereocenters. The summed E-state index contributed by atoms with van der Waals surface area (Å²) in [5, 5.41) is 3.03. The number of nitrogens with two attached hydrogens (primary N) is 1. The van der Waals surface area contributed by atoms with E-state index in [9.17, 15) is 13.2 Å². The summed E-state index contributed by atoms with van der Waals surface area (Å²) in [6.07, 6.45) is 0.590. The Labute approximate surface area is 88.7 Å². The van der Waals surface area contributed by atoms with Crippen LogP contribution in [-0.2, 0) is 9.84 Å². The van der Waals surface area contributed by atoms with Crippen LogP contribution in [0.3, 0.4) is 0 Å². The molecule has 0 radical (unpaired) electrons. The first-order chi connectivity index (χ1) is 6.90. The Morgan fingerprint density at radius 2 is 2.27 bits per heavy atom. The van der Waals surface area contributed by atoms with Crippen molar-refractivity contribution < 1.29 is 13.2 Å². The first-order valence-electron chi connectivity index (χ1n) is 4.94. The summed E-state index contributed by atoms with van der Waals surface area (Å²) in [7, 11) is -3.18. The van der Waals surface area contributed by atoms with Crippen LogP contribution in [-0.4, -0.2) is 49.1 Å². The van der Waals surface area contributed by atoms with E-state index in [4.69, 9.17) is 5.73 Å². The molecule has 0 aromatic rings. The minimum atomic E-state index is -3.18. The first kappa shape index (κ1) is 10.7. The third-order valence-electron chi connectivity index (χ3n) is 3.22. The highest BCUT2D eigenvalue weighted by Gasteiger charge is 2.57. The highest BCUT2D eigenvalue weighted by Crippen LogP contribution is 2.36. The van der Waals surface area contributed by atoms with Crippen molar-refractivity contribution in [3.05, 3.63) is 0 Å². The van der Waals surface area contributed by atoms with Crippen molar-refractivity contribution in [1.82, 2.24) is 10.2 Å². The van der Waals surface area contributed by atoms with E-state index in [2.05, 4.69) is 5.32 Å². The molecule has 7 heteroatoms. The van der Waals surface area contributed by atoms with Crippen molar-refractivity contribution in [2.24, 2.45) is 5.73 Å². The van der Waals surface area contributed by atoms with E-state index in [1.165, 1.54) is 4.90 Å². The molecule has 0 aromatic heterocycles. The van der Waals surface area contributed by atoms with E-state index in [1.807, 2.05) is 0 Å². The van der Waals surface area contributed by atoms with Crippen LogP contribution in [0.25, 0.3) is 0 Å². The molecule has 6 nitrogen and oxygen atoms in total. The maximum atomic E-state index is 11.8. The van der Waals surface area contributed by atoms with Crippen LogP contribution in [0, 0.1) is 0 Å². The number of sulfone groups is 1. The van der Waals surface area contributed by atoms with Crippen LogP contribution in [0.5, 0.6) is 0 Å². The number of nitrogens with zero attached hydrogens (tertiary/aromatic N) is 1. The molecule has 0 aromatic carbocycles. The lowest BCUT2D eigenvalue weighted by Gasteiger charge is -2.55. The Bertz CT molecular complexity index is 386. The lowest BCUT2D eigenvalue weighted by molar-refractivity contribution is 0.0745. The van der Waals surface area contributed by atoms with Gasteiger partial charge in [-0.3, -0.25) is 5.32 Å². The minimum Gasteiger partial charge on any atom is -0.351 e. The number of hydrogen-bond acceptors (Lipinski definition) is 4. The topological polar surface area (TPSA) is 92.5 Å². The molecule has 0 spiro atoms. The van der Waals surface area contributed by atoms with Gasteiger partial charge < -0.3 is 10.6 Å². The second kappa shape index (κ2) is 3.08. The third-order valence-corrected chi connectivity index (χ3v) is 5.58. The number of nitrogens with one attached hydrogen (secondary N) is 1. The Balaban J connectivity index is 2.23. The molecule has 3 saturated heterocycles. The molecule has 2 atom stereocenters. The van der Waals surface area contributed by atoms with E-state index in [1.54, 1.807) is 6.92 Å². The van der Waals surface area contributed by atoms with Crippen LogP contribution < -0.4 is 11.1 Å². The lowest BCUT2D eigenvalue weighted by atomic mass is 9.90. The summed E-state index contributed by atoms with van der Waals surface area (Å²) in [6.45, 7) is 2.30. The van der Waals surface area contributed by atoms with Crippen molar-refractivity contribution in [3.8, 4) is 0 Å². The average Bonchev–Trinajstić information content (AvgIpc) is 2.16. The molecular formula is C8H15N3O3S. The second-order valence-electron chi connectivity index (χ2n) is 4.16. The fraction of sp³-hybridized carbons (Fsp3) is 0.875. The van der Waals surface area contributed by atoms with Gasteiger partial charge in [0.1, 0.15) is 4.87 Å². The molecule has 3 aliphatic heterocycles. The lowest BCUT2D eigenvalue weighted by Crippen LogP contribution is -2.79. The predicted molar refractivity (Wildman–Crippen MR) is 54.9 cm³/mol. The van der Waals surface area contributed by atoms with Crippen molar-refractivity contribution in [1.29, 1.82) is 0 Å². The fourth-order valence-corrected chi connectivity index (χ4v) is 4.07. The number of carbonyl (C=O) groups excluding carboxylic acids is 1. The van der Waals surface area contributed by atoms with Crippen molar-refractivity contribution in [2.75, 3.05) is 18.8 Å². The number of primary amides is 1. The summed E-state index contributed by atoms with van der Waals surface area (Å²) in [6, 6.07) is -0.468.